The van der Waals surface area contributed by atoms with Gasteiger partial charge in [0.15, 0.2) is 0 Å². The Bertz CT molecular complexity index is 660. The summed E-state index contributed by atoms with van der Waals surface area (Å²) < 4.78 is 5.43. The molecule has 0 saturated carbocycles. The highest BCUT2D eigenvalue weighted by atomic mass is 35.5. The molecular weight excluding hydrogens is 316 g/mol. The summed E-state index contributed by atoms with van der Waals surface area (Å²) in [6, 6.07) is 7.83. The molecule has 0 aliphatic rings. The lowest BCUT2D eigenvalue weighted by Gasteiger charge is -2.16. The van der Waals surface area contributed by atoms with Crippen LogP contribution in [0.5, 0.6) is 5.88 Å². The standard InChI is InChI=1S/C16H19ClN2O.CH2O2/c1-10(2)15-13(16(20-4)19-11(3)18-15)9-12-7-5-6-8-14(12)17;2-1-3/h5-8,10H,9H2,1-4H3;1H,(H,2,3). The number of aryl methyl sites for hydroxylation is 1. The molecule has 23 heavy (non-hydrogen) atoms. The third-order valence-electron chi connectivity index (χ3n) is 3.18. The first-order valence-electron chi connectivity index (χ1n) is 7.17. The highest BCUT2D eigenvalue weighted by Crippen LogP contribution is 2.29. The van der Waals surface area contributed by atoms with Gasteiger partial charge in [0.05, 0.1) is 12.8 Å². The van der Waals surface area contributed by atoms with E-state index in [1.165, 1.54) is 0 Å². The first-order valence-corrected chi connectivity index (χ1v) is 7.55. The van der Waals surface area contributed by atoms with E-state index in [0.717, 1.165) is 27.7 Å². The molecule has 0 amide bonds. The normalized spacial score (nSPS) is 10.0. The molecule has 2 rings (SSSR count). The van der Waals surface area contributed by atoms with Crippen LogP contribution in [0.1, 0.15) is 42.4 Å². The SMILES string of the molecule is COc1nc(C)nc(C(C)C)c1Cc1ccccc1Cl.O=CO. The predicted octanol–water partition coefficient (Wildman–Crippen LogP) is 3.86. The number of halogens is 1. The van der Waals surface area contributed by atoms with Crippen molar-refractivity contribution in [3.8, 4) is 5.88 Å². The summed E-state index contributed by atoms with van der Waals surface area (Å²) in [5.74, 6) is 1.68. The maximum absolute atomic E-state index is 8.36. The number of carbonyl (C=O) groups is 1. The Hall–Kier alpha value is -2.14. The topological polar surface area (TPSA) is 72.3 Å². The van der Waals surface area contributed by atoms with Gasteiger partial charge in [0.1, 0.15) is 5.82 Å². The molecule has 0 atom stereocenters. The fraction of sp³-hybridized carbons (Fsp3) is 0.353. The summed E-state index contributed by atoms with van der Waals surface area (Å²) in [7, 11) is 1.64. The number of nitrogens with zero attached hydrogens (tertiary/aromatic N) is 2. The minimum atomic E-state index is -0.250. The second-order valence-corrected chi connectivity index (χ2v) is 5.58. The van der Waals surface area contributed by atoms with Crippen molar-refractivity contribution in [3.63, 3.8) is 0 Å². The smallest absolute Gasteiger partial charge is 0.290 e. The number of methoxy groups -OCH3 is 1. The number of carboxylic acid groups (broad SMARTS) is 1. The molecule has 1 aromatic heterocycles. The lowest BCUT2D eigenvalue weighted by molar-refractivity contribution is -0.122. The second kappa shape index (κ2) is 9.10. The number of aromatic nitrogens is 2. The van der Waals surface area contributed by atoms with E-state index < -0.39 is 0 Å². The van der Waals surface area contributed by atoms with Crippen LogP contribution in [-0.2, 0) is 11.2 Å². The first-order chi connectivity index (χ1) is 10.9. The molecule has 124 valence electrons. The van der Waals surface area contributed by atoms with Crippen LogP contribution in [0.15, 0.2) is 24.3 Å². The second-order valence-electron chi connectivity index (χ2n) is 5.17. The molecule has 0 radical (unpaired) electrons. The molecule has 1 heterocycles. The van der Waals surface area contributed by atoms with Crippen molar-refractivity contribution in [2.75, 3.05) is 7.11 Å². The Morgan fingerprint density at radius 3 is 2.43 bits per heavy atom. The van der Waals surface area contributed by atoms with Gasteiger partial charge in [-0.25, -0.2) is 4.98 Å². The minimum absolute atomic E-state index is 0.250. The number of benzene rings is 1. The highest BCUT2D eigenvalue weighted by molar-refractivity contribution is 6.31. The molecule has 0 unspecified atom stereocenters. The van der Waals surface area contributed by atoms with Gasteiger partial charge in [-0.05, 0) is 24.5 Å². The summed E-state index contributed by atoms with van der Waals surface area (Å²) in [5.41, 5.74) is 3.09. The van der Waals surface area contributed by atoms with Gasteiger partial charge >= 0.3 is 0 Å². The van der Waals surface area contributed by atoms with E-state index in [9.17, 15) is 0 Å². The van der Waals surface area contributed by atoms with Crippen LogP contribution < -0.4 is 4.74 Å². The fourth-order valence-electron chi connectivity index (χ4n) is 2.24. The molecule has 0 bridgehead atoms. The first kappa shape index (κ1) is 18.9. The monoisotopic (exact) mass is 336 g/mol. The third kappa shape index (κ3) is 5.21. The Kier molecular flexibility index (Phi) is 7.48. The minimum Gasteiger partial charge on any atom is -0.483 e. The van der Waals surface area contributed by atoms with E-state index in [2.05, 4.69) is 23.8 Å². The molecule has 0 spiro atoms. The van der Waals surface area contributed by atoms with E-state index in [0.29, 0.717) is 18.2 Å². The molecule has 5 nitrogen and oxygen atoms in total. The van der Waals surface area contributed by atoms with E-state index in [1.807, 2.05) is 31.2 Å². The van der Waals surface area contributed by atoms with E-state index in [1.54, 1.807) is 7.11 Å². The van der Waals surface area contributed by atoms with Gasteiger partial charge in [0, 0.05) is 17.0 Å². The fourth-order valence-corrected chi connectivity index (χ4v) is 2.44. The van der Waals surface area contributed by atoms with Gasteiger partial charge in [-0.15, -0.1) is 0 Å². The number of rotatable bonds is 4. The van der Waals surface area contributed by atoms with Crippen molar-refractivity contribution < 1.29 is 14.6 Å². The summed E-state index contributed by atoms with van der Waals surface area (Å²) in [5, 5.41) is 7.64. The molecule has 0 saturated heterocycles. The average Bonchev–Trinajstić information content (AvgIpc) is 2.51. The van der Waals surface area contributed by atoms with Crippen LogP contribution in [-0.4, -0.2) is 28.7 Å². The zero-order chi connectivity index (χ0) is 17.4. The number of hydrogen-bond acceptors (Lipinski definition) is 4. The van der Waals surface area contributed by atoms with Gasteiger partial charge < -0.3 is 9.84 Å². The largest absolute Gasteiger partial charge is 0.483 e. The average molecular weight is 337 g/mol. The summed E-state index contributed by atoms with van der Waals surface area (Å²) in [6.07, 6.45) is 0.677. The molecule has 1 aromatic carbocycles. The molecule has 2 aromatic rings. The maximum atomic E-state index is 8.36. The van der Waals surface area contributed by atoms with E-state index in [4.69, 9.17) is 26.2 Å². The Labute approximate surface area is 141 Å². The Balaban J connectivity index is 0.000000816. The van der Waals surface area contributed by atoms with Gasteiger partial charge in [-0.3, -0.25) is 4.79 Å². The Morgan fingerprint density at radius 2 is 1.91 bits per heavy atom. The van der Waals surface area contributed by atoms with Crippen LogP contribution >= 0.6 is 11.6 Å². The quantitative estimate of drug-likeness (QED) is 0.858. The van der Waals surface area contributed by atoms with Crippen molar-refractivity contribution in [2.24, 2.45) is 0 Å². The molecule has 0 fully saturated rings. The van der Waals surface area contributed by atoms with Gasteiger partial charge in [0.2, 0.25) is 5.88 Å². The van der Waals surface area contributed by atoms with Gasteiger partial charge in [-0.2, -0.15) is 4.98 Å². The van der Waals surface area contributed by atoms with Gasteiger partial charge in [-0.1, -0.05) is 43.6 Å². The van der Waals surface area contributed by atoms with Crippen LogP contribution in [0.3, 0.4) is 0 Å². The van der Waals surface area contributed by atoms with E-state index in [-0.39, 0.29) is 6.47 Å². The summed E-state index contributed by atoms with van der Waals surface area (Å²) in [6.45, 7) is 5.88. The Morgan fingerprint density at radius 1 is 1.30 bits per heavy atom. The third-order valence-corrected chi connectivity index (χ3v) is 3.55. The zero-order valence-corrected chi connectivity index (χ0v) is 14.5. The van der Waals surface area contributed by atoms with Crippen molar-refractivity contribution in [1.29, 1.82) is 0 Å². The van der Waals surface area contributed by atoms with Crippen LogP contribution in [0.4, 0.5) is 0 Å². The lowest BCUT2D eigenvalue weighted by Crippen LogP contribution is -2.08. The van der Waals surface area contributed by atoms with E-state index >= 15 is 0 Å². The predicted molar refractivity (Wildman–Crippen MR) is 90.4 cm³/mol. The molecule has 6 heteroatoms. The number of hydrogen-bond donors (Lipinski definition) is 1. The molecule has 0 aliphatic heterocycles. The molecular formula is C17H21ClN2O3. The maximum Gasteiger partial charge on any atom is 0.290 e. The highest BCUT2D eigenvalue weighted by Gasteiger charge is 2.17. The van der Waals surface area contributed by atoms with Crippen molar-refractivity contribution >= 4 is 18.1 Å². The summed E-state index contributed by atoms with van der Waals surface area (Å²) in [4.78, 5) is 17.3. The van der Waals surface area contributed by atoms with Crippen molar-refractivity contribution in [1.82, 2.24) is 9.97 Å². The van der Waals surface area contributed by atoms with Crippen molar-refractivity contribution in [2.45, 2.75) is 33.1 Å². The zero-order valence-electron chi connectivity index (χ0n) is 13.7. The molecule has 0 aliphatic carbocycles. The summed E-state index contributed by atoms with van der Waals surface area (Å²) >= 11 is 6.25. The van der Waals surface area contributed by atoms with Crippen LogP contribution in [0.2, 0.25) is 5.02 Å². The van der Waals surface area contributed by atoms with Gasteiger partial charge in [0.25, 0.3) is 6.47 Å². The number of ether oxygens (including phenoxy) is 1. The van der Waals surface area contributed by atoms with Crippen LogP contribution in [0.25, 0.3) is 0 Å². The van der Waals surface area contributed by atoms with Crippen LogP contribution in [0, 0.1) is 6.92 Å². The lowest BCUT2D eigenvalue weighted by atomic mass is 9.98. The van der Waals surface area contributed by atoms with Crippen molar-refractivity contribution in [3.05, 3.63) is 51.9 Å². The molecule has 1 N–H and O–H groups in total.